The summed E-state index contributed by atoms with van der Waals surface area (Å²) in [6.07, 6.45) is 1.18. The molecule has 0 saturated heterocycles. The smallest absolute Gasteiger partial charge is 0.187 e. The third kappa shape index (κ3) is 6.30. The fourth-order valence-electron chi connectivity index (χ4n) is 1.27. The summed E-state index contributed by atoms with van der Waals surface area (Å²) in [7, 11) is 1.63. The maximum absolute atomic E-state index is 9.75. The summed E-state index contributed by atoms with van der Waals surface area (Å²) in [6.45, 7) is 4.65. The van der Waals surface area contributed by atoms with Crippen LogP contribution in [0.5, 0.6) is 0 Å². The average Bonchev–Trinajstić information content (AvgIpc) is 2.34. The van der Waals surface area contributed by atoms with Crippen molar-refractivity contribution in [2.75, 3.05) is 26.1 Å². The topological polar surface area (TPSA) is 64.5 Å². The van der Waals surface area contributed by atoms with Crippen molar-refractivity contribution in [3.8, 4) is 0 Å². The van der Waals surface area contributed by atoms with E-state index in [2.05, 4.69) is 9.97 Å². The second kappa shape index (κ2) is 8.42. The quantitative estimate of drug-likeness (QED) is 0.568. The van der Waals surface area contributed by atoms with Gasteiger partial charge < -0.3 is 14.6 Å². The molecule has 102 valence electrons. The fraction of sp³-hybridized carbons (Fsp3) is 0.667. The Balaban J connectivity index is 2.22. The number of ether oxygens (including phenoxy) is 2. The minimum atomic E-state index is -0.529. The van der Waals surface area contributed by atoms with Crippen molar-refractivity contribution in [1.29, 1.82) is 0 Å². The molecule has 2 atom stereocenters. The largest absolute Gasteiger partial charge is 0.390 e. The van der Waals surface area contributed by atoms with Crippen LogP contribution in [0.3, 0.4) is 0 Å². The van der Waals surface area contributed by atoms with E-state index >= 15 is 0 Å². The van der Waals surface area contributed by atoms with Gasteiger partial charge in [-0.05, 0) is 19.9 Å². The van der Waals surface area contributed by atoms with Gasteiger partial charge in [0.25, 0.3) is 0 Å². The van der Waals surface area contributed by atoms with E-state index in [1.54, 1.807) is 13.3 Å². The summed E-state index contributed by atoms with van der Waals surface area (Å²) >= 11 is 1.42. The van der Waals surface area contributed by atoms with Crippen LogP contribution in [0.1, 0.15) is 12.6 Å². The second-order valence-corrected chi connectivity index (χ2v) is 5.03. The molecule has 0 aliphatic carbocycles. The molecule has 2 unspecified atom stereocenters. The van der Waals surface area contributed by atoms with Crippen LogP contribution in [0.4, 0.5) is 0 Å². The van der Waals surface area contributed by atoms with Crippen molar-refractivity contribution in [2.24, 2.45) is 0 Å². The Morgan fingerprint density at radius 2 is 2.22 bits per heavy atom. The predicted octanol–water partition coefficient (Wildman–Crippen LogP) is 1.29. The molecule has 6 heteroatoms. The number of aliphatic hydroxyl groups excluding tert-OH is 1. The third-order valence-electron chi connectivity index (χ3n) is 2.15. The molecule has 1 aromatic rings. The molecule has 1 rings (SSSR count). The first-order valence-electron chi connectivity index (χ1n) is 5.83. The highest BCUT2D eigenvalue weighted by atomic mass is 32.2. The monoisotopic (exact) mass is 272 g/mol. The molecular weight excluding hydrogens is 252 g/mol. The van der Waals surface area contributed by atoms with Gasteiger partial charge in [0.05, 0.1) is 25.4 Å². The highest BCUT2D eigenvalue weighted by molar-refractivity contribution is 7.99. The lowest BCUT2D eigenvalue weighted by atomic mass is 10.4. The summed E-state index contributed by atoms with van der Waals surface area (Å²) in [5, 5.41) is 10.4. The summed E-state index contributed by atoms with van der Waals surface area (Å²) in [4.78, 5) is 8.37. The van der Waals surface area contributed by atoms with Crippen LogP contribution in [0, 0.1) is 6.92 Å². The molecule has 0 aliphatic rings. The Morgan fingerprint density at radius 1 is 1.44 bits per heavy atom. The maximum Gasteiger partial charge on any atom is 0.187 e. The molecular formula is C12H20N2O3S. The van der Waals surface area contributed by atoms with E-state index in [0.717, 1.165) is 5.69 Å². The van der Waals surface area contributed by atoms with Crippen molar-refractivity contribution in [3.05, 3.63) is 18.0 Å². The molecule has 0 fully saturated rings. The Kier molecular flexibility index (Phi) is 7.19. The van der Waals surface area contributed by atoms with E-state index < -0.39 is 6.10 Å². The molecule has 0 saturated carbocycles. The summed E-state index contributed by atoms with van der Waals surface area (Å²) in [5.41, 5.74) is 0.923. The van der Waals surface area contributed by atoms with Gasteiger partial charge in [-0.2, -0.15) is 0 Å². The van der Waals surface area contributed by atoms with Gasteiger partial charge in [0, 0.05) is 24.8 Å². The lowest BCUT2D eigenvalue weighted by Crippen LogP contribution is -2.24. The molecule has 1 N–H and O–H groups in total. The van der Waals surface area contributed by atoms with Gasteiger partial charge in [-0.15, -0.1) is 0 Å². The van der Waals surface area contributed by atoms with Crippen LogP contribution in [0.15, 0.2) is 17.4 Å². The zero-order chi connectivity index (χ0) is 13.4. The van der Waals surface area contributed by atoms with E-state index in [0.29, 0.717) is 24.1 Å². The Labute approximate surface area is 112 Å². The van der Waals surface area contributed by atoms with Crippen LogP contribution >= 0.6 is 11.8 Å². The van der Waals surface area contributed by atoms with E-state index in [1.165, 1.54) is 11.8 Å². The predicted molar refractivity (Wildman–Crippen MR) is 70.8 cm³/mol. The first-order chi connectivity index (χ1) is 8.61. The molecule has 1 aromatic heterocycles. The summed E-state index contributed by atoms with van der Waals surface area (Å²) < 4.78 is 10.4. The highest BCUT2D eigenvalue weighted by Crippen LogP contribution is 2.13. The number of hydrogen-bond donors (Lipinski definition) is 1. The average molecular weight is 272 g/mol. The summed E-state index contributed by atoms with van der Waals surface area (Å²) in [5.74, 6) is 0.517. The van der Waals surface area contributed by atoms with Crippen LogP contribution in [-0.4, -0.2) is 53.4 Å². The van der Waals surface area contributed by atoms with Crippen LogP contribution < -0.4 is 0 Å². The second-order valence-electron chi connectivity index (χ2n) is 4.04. The molecule has 0 aliphatic heterocycles. The Morgan fingerprint density at radius 3 is 2.89 bits per heavy atom. The first-order valence-corrected chi connectivity index (χ1v) is 6.81. The molecule has 0 aromatic carbocycles. The van der Waals surface area contributed by atoms with Crippen molar-refractivity contribution in [2.45, 2.75) is 31.2 Å². The normalized spacial score (nSPS) is 14.4. The van der Waals surface area contributed by atoms with Gasteiger partial charge in [0.15, 0.2) is 5.16 Å². The van der Waals surface area contributed by atoms with Gasteiger partial charge in [-0.25, -0.2) is 9.97 Å². The van der Waals surface area contributed by atoms with Gasteiger partial charge in [0.1, 0.15) is 0 Å². The minimum Gasteiger partial charge on any atom is -0.390 e. The standard InChI is InChI=1S/C12H20N2O3S/c1-9-4-5-13-12(14-9)18-8-11(15)7-17-10(2)6-16-3/h4-5,10-11,15H,6-8H2,1-3H3. The SMILES string of the molecule is COCC(C)OCC(O)CSc1nccc(C)n1. The Bertz CT molecular complexity index is 352. The van der Waals surface area contributed by atoms with Gasteiger partial charge in [-0.3, -0.25) is 0 Å². The highest BCUT2D eigenvalue weighted by Gasteiger charge is 2.09. The maximum atomic E-state index is 9.75. The third-order valence-corrected chi connectivity index (χ3v) is 3.16. The van der Waals surface area contributed by atoms with Crippen molar-refractivity contribution in [3.63, 3.8) is 0 Å². The fourth-order valence-corrected chi connectivity index (χ4v) is 2.05. The lowest BCUT2D eigenvalue weighted by Gasteiger charge is -2.15. The minimum absolute atomic E-state index is 0.00938. The number of rotatable bonds is 8. The van der Waals surface area contributed by atoms with E-state index in [-0.39, 0.29) is 6.10 Å². The van der Waals surface area contributed by atoms with Crippen molar-refractivity contribution in [1.82, 2.24) is 9.97 Å². The van der Waals surface area contributed by atoms with E-state index in [1.807, 2.05) is 19.9 Å². The molecule has 0 bridgehead atoms. The molecule has 5 nitrogen and oxygen atoms in total. The lowest BCUT2D eigenvalue weighted by molar-refractivity contribution is -0.0257. The zero-order valence-corrected chi connectivity index (χ0v) is 11.8. The number of hydrogen-bond acceptors (Lipinski definition) is 6. The first kappa shape index (κ1) is 15.4. The van der Waals surface area contributed by atoms with Gasteiger partial charge in [0.2, 0.25) is 0 Å². The number of nitrogens with zero attached hydrogens (tertiary/aromatic N) is 2. The van der Waals surface area contributed by atoms with Crippen LogP contribution in [0.25, 0.3) is 0 Å². The summed E-state index contributed by atoms with van der Waals surface area (Å²) in [6, 6.07) is 1.84. The number of aromatic nitrogens is 2. The van der Waals surface area contributed by atoms with Crippen molar-refractivity contribution >= 4 is 11.8 Å². The molecule has 18 heavy (non-hydrogen) atoms. The molecule has 0 radical (unpaired) electrons. The molecule has 0 spiro atoms. The number of methoxy groups -OCH3 is 1. The van der Waals surface area contributed by atoms with Gasteiger partial charge in [-0.1, -0.05) is 11.8 Å². The van der Waals surface area contributed by atoms with E-state index in [9.17, 15) is 5.11 Å². The van der Waals surface area contributed by atoms with Crippen LogP contribution in [0.2, 0.25) is 0 Å². The number of thioether (sulfide) groups is 1. The number of aryl methyl sites for hydroxylation is 1. The van der Waals surface area contributed by atoms with E-state index in [4.69, 9.17) is 9.47 Å². The van der Waals surface area contributed by atoms with Crippen LogP contribution in [-0.2, 0) is 9.47 Å². The molecule has 0 amide bonds. The van der Waals surface area contributed by atoms with Gasteiger partial charge >= 0.3 is 0 Å². The van der Waals surface area contributed by atoms with Crippen molar-refractivity contribution < 1.29 is 14.6 Å². The molecule has 1 heterocycles. The Hall–Kier alpha value is -0.690. The zero-order valence-electron chi connectivity index (χ0n) is 11.0. The number of aliphatic hydroxyl groups is 1.